The Labute approximate surface area is 150 Å². The van der Waals surface area contributed by atoms with E-state index in [1.165, 1.54) is 0 Å². The molecule has 132 valence electrons. The largest absolute Gasteiger partial charge is 0.341 e. The lowest BCUT2D eigenvalue weighted by Gasteiger charge is -2.24. The summed E-state index contributed by atoms with van der Waals surface area (Å²) in [6.07, 6.45) is 0.894. The minimum absolute atomic E-state index is 0.0438. The molecular formula is C17H21N5O2S. The van der Waals surface area contributed by atoms with Gasteiger partial charge in [0, 0.05) is 26.2 Å². The number of para-hydroxylation sites is 2. The van der Waals surface area contributed by atoms with E-state index in [1.807, 2.05) is 29.2 Å². The summed E-state index contributed by atoms with van der Waals surface area (Å²) in [4.78, 5) is 37.9. The second kappa shape index (κ2) is 6.95. The molecule has 0 atom stereocenters. The molecule has 2 aliphatic rings. The molecule has 8 heteroatoms. The van der Waals surface area contributed by atoms with Gasteiger partial charge in [-0.05, 0) is 18.6 Å². The molecule has 0 unspecified atom stereocenters. The molecule has 0 aliphatic carbocycles. The Kier molecular flexibility index (Phi) is 4.52. The Morgan fingerprint density at radius 3 is 2.88 bits per heavy atom. The second-order valence-corrected chi connectivity index (χ2v) is 7.32. The van der Waals surface area contributed by atoms with Crippen molar-refractivity contribution in [2.24, 2.45) is 0 Å². The number of thioether (sulfide) groups is 1. The third-order valence-electron chi connectivity index (χ3n) is 4.68. The number of aromatic amines is 1. The van der Waals surface area contributed by atoms with Crippen molar-refractivity contribution in [3.63, 3.8) is 0 Å². The zero-order valence-corrected chi connectivity index (χ0v) is 14.8. The van der Waals surface area contributed by atoms with Crippen molar-refractivity contribution in [1.29, 1.82) is 0 Å². The van der Waals surface area contributed by atoms with E-state index in [9.17, 15) is 9.59 Å². The van der Waals surface area contributed by atoms with Crippen LogP contribution < -0.4 is 4.90 Å². The maximum Gasteiger partial charge on any atom is 0.242 e. The first-order valence-corrected chi connectivity index (χ1v) is 9.69. The lowest BCUT2D eigenvalue weighted by molar-refractivity contribution is -0.137. The molecule has 7 nitrogen and oxygen atoms in total. The van der Waals surface area contributed by atoms with Gasteiger partial charge in [-0.25, -0.2) is 4.98 Å². The average molecular weight is 359 g/mol. The highest BCUT2D eigenvalue weighted by atomic mass is 32.2. The van der Waals surface area contributed by atoms with Crippen LogP contribution in [0.1, 0.15) is 6.42 Å². The molecule has 1 aromatic carbocycles. The first-order chi connectivity index (χ1) is 12.2. The topological polar surface area (TPSA) is 72.5 Å². The lowest BCUT2D eigenvalue weighted by atomic mass is 10.3. The standard InChI is InChI=1S/C17H21N5O2S/c23-15(10-22-12-25-11-16(22)24)20-6-3-7-21(9-8-20)17-18-13-4-1-2-5-14(13)19-17/h1-2,4-5H,3,6-12H2,(H,18,19). The van der Waals surface area contributed by atoms with E-state index >= 15 is 0 Å². The lowest BCUT2D eigenvalue weighted by Crippen LogP contribution is -2.42. The fourth-order valence-electron chi connectivity index (χ4n) is 3.27. The number of benzene rings is 1. The van der Waals surface area contributed by atoms with Crippen molar-refractivity contribution < 1.29 is 9.59 Å². The molecule has 2 aliphatic heterocycles. The Morgan fingerprint density at radius 1 is 1.20 bits per heavy atom. The zero-order valence-electron chi connectivity index (χ0n) is 14.0. The SMILES string of the molecule is O=C(CN1CSCC1=O)N1CCCN(c2nc3ccccc3[nH]2)CC1. The van der Waals surface area contributed by atoms with Crippen LogP contribution in [0.4, 0.5) is 5.95 Å². The number of carbonyl (C=O) groups excluding carboxylic acids is 2. The first-order valence-electron chi connectivity index (χ1n) is 8.54. The van der Waals surface area contributed by atoms with Gasteiger partial charge in [0.25, 0.3) is 0 Å². The molecular weight excluding hydrogens is 338 g/mol. The summed E-state index contributed by atoms with van der Waals surface area (Å²) >= 11 is 1.57. The van der Waals surface area contributed by atoms with Crippen LogP contribution in [0.25, 0.3) is 11.0 Å². The van der Waals surface area contributed by atoms with E-state index in [0.29, 0.717) is 18.2 Å². The molecule has 0 saturated carbocycles. The van der Waals surface area contributed by atoms with Crippen LogP contribution in [0.2, 0.25) is 0 Å². The predicted octanol–water partition coefficient (Wildman–Crippen LogP) is 1.13. The number of carbonyl (C=O) groups is 2. The molecule has 3 heterocycles. The molecule has 0 bridgehead atoms. The van der Waals surface area contributed by atoms with Gasteiger partial charge < -0.3 is 19.7 Å². The fourth-order valence-corrected chi connectivity index (χ4v) is 4.18. The monoisotopic (exact) mass is 359 g/mol. The van der Waals surface area contributed by atoms with Gasteiger partial charge in [0.2, 0.25) is 17.8 Å². The van der Waals surface area contributed by atoms with Crippen LogP contribution >= 0.6 is 11.8 Å². The molecule has 25 heavy (non-hydrogen) atoms. The van der Waals surface area contributed by atoms with Crippen LogP contribution in [-0.4, -0.2) is 75.9 Å². The van der Waals surface area contributed by atoms with Gasteiger partial charge in [-0.2, -0.15) is 0 Å². The summed E-state index contributed by atoms with van der Waals surface area (Å²) < 4.78 is 0. The number of hydrogen-bond donors (Lipinski definition) is 1. The van der Waals surface area contributed by atoms with Gasteiger partial charge in [0.15, 0.2) is 0 Å². The van der Waals surface area contributed by atoms with E-state index in [1.54, 1.807) is 16.7 Å². The summed E-state index contributed by atoms with van der Waals surface area (Å²) in [5.41, 5.74) is 1.99. The summed E-state index contributed by atoms with van der Waals surface area (Å²) in [5.74, 6) is 2.09. The molecule has 0 radical (unpaired) electrons. The van der Waals surface area contributed by atoms with E-state index in [2.05, 4.69) is 14.9 Å². The predicted molar refractivity (Wildman–Crippen MR) is 98.5 cm³/mol. The van der Waals surface area contributed by atoms with E-state index in [-0.39, 0.29) is 18.4 Å². The smallest absolute Gasteiger partial charge is 0.242 e. The number of fused-ring (bicyclic) bond motifs is 1. The Morgan fingerprint density at radius 2 is 2.08 bits per heavy atom. The maximum atomic E-state index is 12.5. The number of imidazole rings is 1. The number of rotatable bonds is 3. The van der Waals surface area contributed by atoms with Gasteiger partial charge >= 0.3 is 0 Å². The van der Waals surface area contributed by atoms with Crippen molar-refractivity contribution in [2.75, 3.05) is 49.3 Å². The number of hydrogen-bond acceptors (Lipinski definition) is 5. The highest BCUT2D eigenvalue weighted by Crippen LogP contribution is 2.19. The highest BCUT2D eigenvalue weighted by Gasteiger charge is 2.26. The summed E-state index contributed by atoms with van der Waals surface area (Å²) in [6.45, 7) is 3.20. The summed E-state index contributed by atoms with van der Waals surface area (Å²) in [6, 6.07) is 7.98. The van der Waals surface area contributed by atoms with Crippen LogP contribution in [0.5, 0.6) is 0 Å². The third-order valence-corrected chi connectivity index (χ3v) is 5.62. The van der Waals surface area contributed by atoms with Gasteiger partial charge in [-0.1, -0.05) is 12.1 Å². The normalized spacial score (nSPS) is 18.9. The summed E-state index contributed by atoms with van der Waals surface area (Å²) in [7, 11) is 0. The van der Waals surface area contributed by atoms with Crippen molar-refractivity contribution in [3.05, 3.63) is 24.3 Å². The molecule has 2 amide bonds. The number of anilines is 1. The molecule has 0 spiro atoms. The van der Waals surface area contributed by atoms with Gasteiger partial charge in [-0.15, -0.1) is 11.8 Å². The van der Waals surface area contributed by atoms with Gasteiger partial charge in [0.1, 0.15) is 6.54 Å². The highest BCUT2D eigenvalue weighted by molar-refractivity contribution is 8.00. The van der Waals surface area contributed by atoms with E-state index in [4.69, 9.17) is 0 Å². The van der Waals surface area contributed by atoms with Crippen molar-refractivity contribution in [1.82, 2.24) is 19.8 Å². The van der Waals surface area contributed by atoms with Gasteiger partial charge in [-0.3, -0.25) is 9.59 Å². The fraction of sp³-hybridized carbons (Fsp3) is 0.471. The van der Waals surface area contributed by atoms with E-state index in [0.717, 1.165) is 43.0 Å². The van der Waals surface area contributed by atoms with Crippen LogP contribution in [0, 0.1) is 0 Å². The molecule has 2 fully saturated rings. The summed E-state index contributed by atoms with van der Waals surface area (Å²) in [5, 5.41) is 0. The number of nitrogens with one attached hydrogen (secondary N) is 1. The molecule has 4 rings (SSSR count). The number of H-pyrrole nitrogens is 1. The van der Waals surface area contributed by atoms with Crippen molar-refractivity contribution in [3.8, 4) is 0 Å². The zero-order chi connectivity index (χ0) is 17.2. The van der Waals surface area contributed by atoms with Crippen molar-refractivity contribution >= 4 is 40.6 Å². The maximum absolute atomic E-state index is 12.5. The van der Waals surface area contributed by atoms with Crippen LogP contribution in [-0.2, 0) is 9.59 Å². The van der Waals surface area contributed by atoms with Crippen molar-refractivity contribution in [2.45, 2.75) is 6.42 Å². The number of nitrogens with zero attached hydrogens (tertiary/aromatic N) is 4. The molecule has 1 N–H and O–H groups in total. The first kappa shape index (κ1) is 16.3. The molecule has 2 aromatic rings. The Bertz CT molecular complexity index is 759. The quantitative estimate of drug-likeness (QED) is 0.890. The van der Waals surface area contributed by atoms with E-state index < -0.39 is 0 Å². The Balaban J connectivity index is 1.39. The number of amides is 2. The minimum Gasteiger partial charge on any atom is -0.341 e. The third kappa shape index (κ3) is 3.44. The second-order valence-electron chi connectivity index (χ2n) is 6.37. The van der Waals surface area contributed by atoms with Gasteiger partial charge in [0.05, 0.1) is 22.7 Å². The van der Waals surface area contributed by atoms with Crippen LogP contribution in [0.3, 0.4) is 0 Å². The molecule has 1 aromatic heterocycles. The number of aromatic nitrogens is 2. The van der Waals surface area contributed by atoms with Crippen LogP contribution in [0.15, 0.2) is 24.3 Å². The Hall–Kier alpha value is -2.22. The minimum atomic E-state index is 0.0438. The average Bonchev–Trinajstić information content (AvgIpc) is 3.13. The molecule has 2 saturated heterocycles.